The van der Waals surface area contributed by atoms with E-state index in [0.29, 0.717) is 17.8 Å². The highest BCUT2D eigenvalue weighted by atomic mass is 16.4. The van der Waals surface area contributed by atoms with E-state index in [1.807, 2.05) is 13.8 Å². The SMILES string of the molecule is CC(C)CC(NC(=O)Cc1ccc(N)cn1)C(=O)O. The van der Waals surface area contributed by atoms with E-state index in [9.17, 15) is 9.59 Å². The van der Waals surface area contributed by atoms with Crippen molar-refractivity contribution in [1.29, 1.82) is 0 Å². The van der Waals surface area contributed by atoms with E-state index >= 15 is 0 Å². The molecule has 0 aliphatic rings. The Kier molecular flexibility index (Phi) is 5.29. The van der Waals surface area contributed by atoms with Gasteiger partial charge in [0.2, 0.25) is 5.91 Å². The summed E-state index contributed by atoms with van der Waals surface area (Å²) in [6.07, 6.45) is 1.91. The van der Waals surface area contributed by atoms with Gasteiger partial charge < -0.3 is 16.2 Å². The minimum atomic E-state index is -1.02. The number of aromatic nitrogens is 1. The van der Waals surface area contributed by atoms with Crippen LogP contribution in [0.3, 0.4) is 0 Å². The van der Waals surface area contributed by atoms with Gasteiger partial charge in [0.1, 0.15) is 6.04 Å². The quantitative estimate of drug-likeness (QED) is 0.706. The van der Waals surface area contributed by atoms with E-state index < -0.39 is 12.0 Å². The fourth-order valence-electron chi connectivity index (χ4n) is 1.64. The van der Waals surface area contributed by atoms with Gasteiger partial charge in [0, 0.05) is 5.69 Å². The Hall–Kier alpha value is -2.11. The van der Waals surface area contributed by atoms with Crippen LogP contribution in [0.1, 0.15) is 26.0 Å². The van der Waals surface area contributed by atoms with Gasteiger partial charge in [-0.05, 0) is 24.5 Å². The van der Waals surface area contributed by atoms with Crippen LogP contribution in [0.15, 0.2) is 18.3 Å². The molecule has 0 saturated heterocycles. The molecule has 1 unspecified atom stereocenters. The number of nitrogens with one attached hydrogen (secondary N) is 1. The fourth-order valence-corrected chi connectivity index (χ4v) is 1.64. The second-order valence-electron chi connectivity index (χ2n) is 4.85. The van der Waals surface area contributed by atoms with Crippen molar-refractivity contribution >= 4 is 17.6 Å². The van der Waals surface area contributed by atoms with Crippen molar-refractivity contribution in [2.45, 2.75) is 32.7 Å². The van der Waals surface area contributed by atoms with Crippen molar-refractivity contribution in [2.24, 2.45) is 5.92 Å². The lowest BCUT2D eigenvalue weighted by Crippen LogP contribution is -2.42. The third-order valence-electron chi connectivity index (χ3n) is 2.53. The predicted molar refractivity (Wildman–Crippen MR) is 71.4 cm³/mol. The molecular weight excluding hydrogens is 246 g/mol. The normalized spacial score (nSPS) is 12.2. The zero-order valence-electron chi connectivity index (χ0n) is 11.1. The Balaban J connectivity index is 2.57. The molecule has 0 spiro atoms. The molecule has 1 aromatic rings. The van der Waals surface area contributed by atoms with Crippen molar-refractivity contribution in [3.8, 4) is 0 Å². The summed E-state index contributed by atoms with van der Waals surface area (Å²) >= 11 is 0. The highest BCUT2D eigenvalue weighted by Gasteiger charge is 2.21. The van der Waals surface area contributed by atoms with Crippen LogP contribution < -0.4 is 11.1 Å². The highest BCUT2D eigenvalue weighted by molar-refractivity contribution is 5.84. The number of hydrogen-bond acceptors (Lipinski definition) is 4. The summed E-state index contributed by atoms with van der Waals surface area (Å²) in [6, 6.07) is 2.44. The Morgan fingerprint density at radius 1 is 1.42 bits per heavy atom. The molecular formula is C13H19N3O3. The molecule has 104 valence electrons. The molecule has 0 aromatic carbocycles. The minimum Gasteiger partial charge on any atom is -0.480 e. The maximum atomic E-state index is 11.7. The van der Waals surface area contributed by atoms with Gasteiger partial charge in [0.25, 0.3) is 0 Å². The number of hydrogen-bond donors (Lipinski definition) is 3. The second kappa shape index (κ2) is 6.72. The van der Waals surface area contributed by atoms with Gasteiger partial charge in [-0.3, -0.25) is 9.78 Å². The third kappa shape index (κ3) is 5.37. The molecule has 0 aliphatic carbocycles. The maximum absolute atomic E-state index is 11.7. The monoisotopic (exact) mass is 265 g/mol. The van der Waals surface area contributed by atoms with Crippen LogP contribution in [-0.4, -0.2) is 28.0 Å². The van der Waals surface area contributed by atoms with Crippen LogP contribution in [-0.2, 0) is 16.0 Å². The number of nitrogens with two attached hydrogens (primary N) is 1. The lowest BCUT2D eigenvalue weighted by Gasteiger charge is -2.16. The first-order valence-electron chi connectivity index (χ1n) is 6.11. The smallest absolute Gasteiger partial charge is 0.326 e. The predicted octanol–water partition coefficient (Wildman–Crippen LogP) is 0.822. The lowest BCUT2D eigenvalue weighted by molar-refractivity contribution is -0.142. The Morgan fingerprint density at radius 3 is 2.58 bits per heavy atom. The van der Waals surface area contributed by atoms with Crippen LogP contribution in [0.5, 0.6) is 0 Å². The molecule has 0 saturated carbocycles. The van der Waals surface area contributed by atoms with Crippen LogP contribution in [0.25, 0.3) is 0 Å². The molecule has 1 aromatic heterocycles. The number of carboxylic acid groups (broad SMARTS) is 1. The minimum absolute atomic E-state index is 0.0438. The second-order valence-corrected chi connectivity index (χ2v) is 4.85. The summed E-state index contributed by atoms with van der Waals surface area (Å²) in [5, 5.41) is 11.5. The maximum Gasteiger partial charge on any atom is 0.326 e. The number of pyridine rings is 1. The topological polar surface area (TPSA) is 105 Å². The van der Waals surface area contributed by atoms with Gasteiger partial charge in [0.15, 0.2) is 0 Å². The molecule has 0 aliphatic heterocycles. The van der Waals surface area contributed by atoms with E-state index in [0.717, 1.165) is 0 Å². The molecule has 6 heteroatoms. The molecule has 0 bridgehead atoms. The van der Waals surface area contributed by atoms with E-state index in [1.54, 1.807) is 12.1 Å². The Bertz CT molecular complexity index is 443. The molecule has 4 N–H and O–H groups in total. The number of carbonyl (C=O) groups excluding carboxylic acids is 1. The average Bonchev–Trinajstić information content (AvgIpc) is 2.30. The van der Waals surface area contributed by atoms with E-state index in [4.69, 9.17) is 10.8 Å². The van der Waals surface area contributed by atoms with Crippen molar-refractivity contribution < 1.29 is 14.7 Å². The molecule has 0 fully saturated rings. The molecule has 1 atom stereocenters. The van der Waals surface area contributed by atoms with Gasteiger partial charge in [-0.2, -0.15) is 0 Å². The summed E-state index contributed by atoms with van der Waals surface area (Å²) in [4.78, 5) is 26.8. The van der Waals surface area contributed by atoms with Gasteiger partial charge >= 0.3 is 5.97 Å². The van der Waals surface area contributed by atoms with Crippen molar-refractivity contribution in [3.63, 3.8) is 0 Å². The van der Waals surface area contributed by atoms with Crippen LogP contribution in [0.2, 0.25) is 0 Å². The summed E-state index contributed by atoms with van der Waals surface area (Å²) in [5.74, 6) is -1.19. The number of nitrogens with zero attached hydrogens (tertiary/aromatic N) is 1. The zero-order valence-corrected chi connectivity index (χ0v) is 11.1. The van der Waals surface area contributed by atoms with Crippen molar-refractivity contribution in [3.05, 3.63) is 24.0 Å². The summed E-state index contributed by atoms with van der Waals surface area (Å²) in [5.41, 5.74) is 6.57. The van der Waals surface area contributed by atoms with Crippen LogP contribution >= 0.6 is 0 Å². The summed E-state index contributed by atoms with van der Waals surface area (Å²) in [6.45, 7) is 3.81. The lowest BCUT2D eigenvalue weighted by atomic mass is 10.0. The standard InChI is InChI=1S/C13H19N3O3/c1-8(2)5-11(13(18)19)16-12(17)6-10-4-3-9(14)7-15-10/h3-4,7-8,11H,5-6,14H2,1-2H3,(H,16,17)(H,18,19). The Labute approximate surface area is 112 Å². The molecule has 1 heterocycles. The summed E-state index contributed by atoms with van der Waals surface area (Å²) < 4.78 is 0. The van der Waals surface area contributed by atoms with E-state index in [-0.39, 0.29) is 18.2 Å². The number of carboxylic acids is 1. The molecule has 19 heavy (non-hydrogen) atoms. The number of amides is 1. The molecule has 1 rings (SSSR count). The molecule has 0 radical (unpaired) electrons. The number of nitrogen functional groups attached to an aromatic ring is 1. The first kappa shape index (κ1) is 14.9. The van der Waals surface area contributed by atoms with Crippen molar-refractivity contribution in [2.75, 3.05) is 5.73 Å². The van der Waals surface area contributed by atoms with E-state index in [1.165, 1.54) is 6.20 Å². The number of aliphatic carboxylic acids is 1. The van der Waals surface area contributed by atoms with E-state index in [2.05, 4.69) is 10.3 Å². The van der Waals surface area contributed by atoms with Gasteiger partial charge in [-0.25, -0.2) is 4.79 Å². The van der Waals surface area contributed by atoms with Gasteiger partial charge in [0.05, 0.1) is 18.3 Å². The van der Waals surface area contributed by atoms with Gasteiger partial charge in [-0.1, -0.05) is 13.8 Å². The van der Waals surface area contributed by atoms with Crippen LogP contribution in [0.4, 0.5) is 5.69 Å². The Morgan fingerprint density at radius 2 is 2.11 bits per heavy atom. The number of anilines is 1. The first-order valence-corrected chi connectivity index (χ1v) is 6.11. The average molecular weight is 265 g/mol. The highest BCUT2D eigenvalue weighted by Crippen LogP contribution is 2.06. The number of carbonyl (C=O) groups is 2. The van der Waals surface area contributed by atoms with Crippen molar-refractivity contribution in [1.82, 2.24) is 10.3 Å². The van der Waals surface area contributed by atoms with Crippen LogP contribution in [0, 0.1) is 5.92 Å². The molecule has 6 nitrogen and oxygen atoms in total. The first-order chi connectivity index (χ1) is 8.88. The third-order valence-corrected chi connectivity index (χ3v) is 2.53. The largest absolute Gasteiger partial charge is 0.480 e. The number of rotatable bonds is 6. The fraction of sp³-hybridized carbons (Fsp3) is 0.462. The summed E-state index contributed by atoms with van der Waals surface area (Å²) in [7, 11) is 0. The zero-order chi connectivity index (χ0) is 14.4. The van der Waals surface area contributed by atoms with Gasteiger partial charge in [-0.15, -0.1) is 0 Å². The molecule has 1 amide bonds.